The summed E-state index contributed by atoms with van der Waals surface area (Å²) in [6, 6.07) is 2.12. The average Bonchev–Trinajstić information content (AvgIpc) is 3.30. The molecule has 8 heteroatoms. The number of piperazine rings is 1. The molecular weight excluding hydrogens is 322 g/mol. The van der Waals surface area contributed by atoms with Gasteiger partial charge in [0.15, 0.2) is 0 Å². The Labute approximate surface area is 145 Å². The van der Waals surface area contributed by atoms with E-state index in [9.17, 15) is 10.1 Å². The molecule has 0 unspecified atom stereocenters. The van der Waals surface area contributed by atoms with E-state index in [-0.39, 0.29) is 5.91 Å². The highest BCUT2D eigenvalue weighted by atomic mass is 16.5. The minimum absolute atomic E-state index is 0.0624. The Kier molecular flexibility index (Phi) is 3.71. The Hall–Kier alpha value is -2.82. The van der Waals surface area contributed by atoms with E-state index in [1.807, 2.05) is 4.90 Å². The van der Waals surface area contributed by atoms with Crippen LogP contribution in [0.2, 0.25) is 0 Å². The van der Waals surface area contributed by atoms with Gasteiger partial charge in [0.1, 0.15) is 17.4 Å². The first-order chi connectivity index (χ1) is 12.1. The van der Waals surface area contributed by atoms with E-state index < -0.39 is 0 Å². The average molecular weight is 341 g/mol. The number of nitrogens with zero attached hydrogens (tertiary/aromatic N) is 5. The van der Waals surface area contributed by atoms with Crippen LogP contribution in [0.4, 0.5) is 5.88 Å². The molecule has 1 saturated carbocycles. The molecule has 1 aliphatic carbocycles. The van der Waals surface area contributed by atoms with Crippen molar-refractivity contribution in [2.24, 2.45) is 0 Å². The minimum Gasteiger partial charge on any atom is -0.423 e. The number of rotatable bonds is 3. The van der Waals surface area contributed by atoms with Gasteiger partial charge in [0.2, 0.25) is 17.5 Å². The Balaban J connectivity index is 1.47. The van der Waals surface area contributed by atoms with E-state index >= 15 is 0 Å². The van der Waals surface area contributed by atoms with Crippen molar-refractivity contribution in [3.63, 3.8) is 0 Å². The quantitative estimate of drug-likeness (QED) is 0.841. The molecule has 0 atom stereocenters. The normalized spacial score (nSPS) is 17.6. The number of aryl methyl sites for hydroxylation is 2. The van der Waals surface area contributed by atoms with Gasteiger partial charge in [-0.2, -0.15) is 5.26 Å². The summed E-state index contributed by atoms with van der Waals surface area (Å²) in [6.45, 7) is 5.82. The number of carbonyl (C=O) groups excluding carboxylic acids is 1. The second kappa shape index (κ2) is 5.92. The van der Waals surface area contributed by atoms with E-state index in [0.717, 1.165) is 12.8 Å². The lowest BCUT2D eigenvalue weighted by Crippen LogP contribution is -2.49. The number of anilines is 1. The molecule has 1 aliphatic heterocycles. The second-order valence-corrected chi connectivity index (χ2v) is 6.57. The zero-order chi connectivity index (χ0) is 17.6. The summed E-state index contributed by atoms with van der Waals surface area (Å²) in [5, 5.41) is 13.2. The molecule has 2 fully saturated rings. The van der Waals surface area contributed by atoms with Gasteiger partial charge in [0.05, 0.1) is 5.69 Å². The summed E-state index contributed by atoms with van der Waals surface area (Å²) in [7, 11) is 0. The zero-order valence-corrected chi connectivity index (χ0v) is 14.3. The van der Waals surface area contributed by atoms with Crippen molar-refractivity contribution in [3.8, 4) is 6.07 Å². The molecular formula is C17H19N5O3. The Morgan fingerprint density at radius 3 is 2.52 bits per heavy atom. The number of carbonyl (C=O) groups is 1. The number of amides is 1. The van der Waals surface area contributed by atoms with Gasteiger partial charge in [-0.25, -0.2) is 4.98 Å². The molecule has 0 spiro atoms. The molecule has 0 bridgehead atoms. The Bertz CT molecular complexity index is 831. The van der Waals surface area contributed by atoms with Crippen LogP contribution in [-0.4, -0.2) is 47.1 Å². The number of oxazole rings is 1. The Morgan fingerprint density at radius 2 is 1.96 bits per heavy atom. The predicted octanol–water partition coefficient (Wildman–Crippen LogP) is 1.99. The molecule has 1 saturated heterocycles. The molecule has 0 radical (unpaired) electrons. The smallest absolute Gasteiger partial charge is 0.259 e. The molecule has 4 rings (SSSR count). The van der Waals surface area contributed by atoms with Crippen LogP contribution < -0.4 is 4.90 Å². The third-order valence-electron chi connectivity index (χ3n) is 4.76. The fourth-order valence-electron chi connectivity index (χ4n) is 3.18. The van der Waals surface area contributed by atoms with Gasteiger partial charge in [-0.1, -0.05) is 5.16 Å². The SMILES string of the molecule is Cc1noc(C)c1C(=O)N1CCN(c2oc(C3CC3)nc2C#N)CC1. The monoisotopic (exact) mass is 341 g/mol. The van der Waals surface area contributed by atoms with E-state index in [1.165, 1.54) is 0 Å². The topological polar surface area (TPSA) is 99.4 Å². The molecule has 2 aromatic rings. The lowest BCUT2D eigenvalue weighted by molar-refractivity contribution is 0.0743. The number of aromatic nitrogens is 2. The van der Waals surface area contributed by atoms with Gasteiger partial charge < -0.3 is 18.7 Å². The number of hydrogen-bond donors (Lipinski definition) is 0. The van der Waals surface area contributed by atoms with Crippen molar-refractivity contribution < 1.29 is 13.7 Å². The van der Waals surface area contributed by atoms with Gasteiger partial charge >= 0.3 is 0 Å². The summed E-state index contributed by atoms with van der Waals surface area (Å²) < 4.78 is 10.9. The highest BCUT2D eigenvalue weighted by Gasteiger charge is 2.33. The van der Waals surface area contributed by atoms with Crippen LogP contribution in [0.1, 0.15) is 52.2 Å². The van der Waals surface area contributed by atoms with Crippen molar-refractivity contribution in [1.29, 1.82) is 5.26 Å². The first-order valence-corrected chi connectivity index (χ1v) is 8.46. The van der Waals surface area contributed by atoms with Crippen LogP contribution in [0.3, 0.4) is 0 Å². The fraction of sp³-hybridized carbons (Fsp3) is 0.529. The van der Waals surface area contributed by atoms with Crippen LogP contribution in [0.25, 0.3) is 0 Å². The summed E-state index contributed by atoms with van der Waals surface area (Å²) in [6.07, 6.45) is 2.15. The Morgan fingerprint density at radius 1 is 1.24 bits per heavy atom. The highest BCUT2D eigenvalue weighted by Crippen LogP contribution is 2.41. The van der Waals surface area contributed by atoms with Crippen molar-refractivity contribution in [3.05, 3.63) is 28.6 Å². The first-order valence-electron chi connectivity index (χ1n) is 8.46. The third kappa shape index (κ3) is 2.76. The minimum atomic E-state index is -0.0624. The molecule has 130 valence electrons. The van der Waals surface area contributed by atoms with Crippen molar-refractivity contribution in [2.45, 2.75) is 32.6 Å². The highest BCUT2D eigenvalue weighted by molar-refractivity contribution is 5.96. The maximum atomic E-state index is 12.7. The van der Waals surface area contributed by atoms with Crippen molar-refractivity contribution in [1.82, 2.24) is 15.0 Å². The maximum Gasteiger partial charge on any atom is 0.259 e. The van der Waals surface area contributed by atoms with Gasteiger partial charge in [0.25, 0.3) is 5.91 Å². The van der Waals surface area contributed by atoms with Crippen LogP contribution >= 0.6 is 0 Å². The maximum absolute atomic E-state index is 12.7. The zero-order valence-electron chi connectivity index (χ0n) is 14.3. The molecule has 0 N–H and O–H groups in total. The second-order valence-electron chi connectivity index (χ2n) is 6.57. The van der Waals surface area contributed by atoms with Gasteiger partial charge in [0, 0.05) is 32.1 Å². The third-order valence-corrected chi connectivity index (χ3v) is 4.76. The molecule has 8 nitrogen and oxygen atoms in total. The van der Waals surface area contributed by atoms with Crippen molar-refractivity contribution in [2.75, 3.05) is 31.1 Å². The fourth-order valence-corrected chi connectivity index (χ4v) is 3.18. The van der Waals surface area contributed by atoms with Gasteiger partial charge in [-0.15, -0.1) is 0 Å². The largest absolute Gasteiger partial charge is 0.423 e. The lowest BCUT2D eigenvalue weighted by atomic mass is 10.1. The molecule has 2 aromatic heterocycles. The van der Waals surface area contributed by atoms with E-state index in [2.05, 4.69) is 16.2 Å². The summed E-state index contributed by atoms with van der Waals surface area (Å²) >= 11 is 0. The molecule has 25 heavy (non-hydrogen) atoms. The molecule has 3 heterocycles. The molecule has 2 aliphatic rings. The van der Waals surface area contributed by atoms with Crippen LogP contribution in [0, 0.1) is 25.2 Å². The molecule has 1 amide bonds. The van der Waals surface area contributed by atoms with E-state index in [4.69, 9.17) is 8.94 Å². The van der Waals surface area contributed by atoms with Crippen molar-refractivity contribution >= 4 is 11.8 Å². The lowest BCUT2D eigenvalue weighted by Gasteiger charge is -2.34. The van der Waals surface area contributed by atoms with Gasteiger partial charge in [-0.3, -0.25) is 4.79 Å². The number of nitriles is 1. The van der Waals surface area contributed by atoms with Crippen LogP contribution in [-0.2, 0) is 0 Å². The van der Waals surface area contributed by atoms with E-state index in [1.54, 1.807) is 18.7 Å². The van der Waals surface area contributed by atoms with Crippen LogP contribution in [0.5, 0.6) is 0 Å². The molecule has 0 aromatic carbocycles. The first kappa shape index (κ1) is 15.7. The van der Waals surface area contributed by atoms with Crippen LogP contribution in [0.15, 0.2) is 8.94 Å². The summed E-state index contributed by atoms with van der Waals surface area (Å²) in [5.41, 5.74) is 1.50. The van der Waals surface area contributed by atoms with E-state index in [0.29, 0.717) is 66.6 Å². The summed E-state index contributed by atoms with van der Waals surface area (Å²) in [5.74, 6) is 2.05. The summed E-state index contributed by atoms with van der Waals surface area (Å²) in [4.78, 5) is 20.8. The predicted molar refractivity (Wildman–Crippen MR) is 87.3 cm³/mol. The van der Waals surface area contributed by atoms with Gasteiger partial charge in [-0.05, 0) is 26.7 Å². The standard InChI is InChI=1S/C17H19N5O3/c1-10-14(11(2)25-20-10)16(23)21-5-7-22(8-6-21)17-13(9-18)19-15(24-17)12-3-4-12/h12H,3-8H2,1-2H3. The number of hydrogen-bond acceptors (Lipinski definition) is 7.